The number of allylic oxidation sites excluding steroid dienone is 6. The van der Waals surface area contributed by atoms with Crippen LogP contribution in [-0.4, -0.2) is 70.0 Å². The van der Waals surface area contributed by atoms with Crippen LogP contribution in [0.15, 0.2) is 36.5 Å². The van der Waals surface area contributed by atoms with Gasteiger partial charge in [-0.25, -0.2) is 0 Å². The van der Waals surface area contributed by atoms with E-state index in [0.29, 0.717) is 17.4 Å². The standard InChI is InChI=1S/C46H86NO8P/c1-6-8-10-12-14-16-18-20-22-23-25-26-28-30-32-34-36-38-45(48)52-42-44(43-54-56(50,51)53-41-40-47(3,4)5)55-46(49)39-37-35-33-31-29-27-24-21-19-17-15-13-11-9-7-2/h13-16,20,22,44H,6-12,17-19,21,23-43H2,1-5H3/b15-13+,16-14+,22-20+/t44-/m1/s1. The van der Waals surface area contributed by atoms with Gasteiger partial charge in [-0.1, -0.05) is 153 Å². The summed E-state index contributed by atoms with van der Waals surface area (Å²) in [5.41, 5.74) is 0. The lowest BCUT2D eigenvalue weighted by atomic mass is 10.1. The van der Waals surface area contributed by atoms with Crippen LogP contribution >= 0.6 is 7.82 Å². The summed E-state index contributed by atoms with van der Waals surface area (Å²) >= 11 is 0. The quantitative estimate of drug-likeness (QED) is 0.0197. The zero-order chi connectivity index (χ0) is 41.4. The fraction of sp³-hybridized carbons (Fsp3) is 0.826. The number of esters is 2. The maximum atomic E-state index is 12.7. The Kier molecular flexibility index (Phi) is 37.5. The number of quaternary nitrogens is 1. The molecule has 0 aliphatic rings. The van der Waals surface area contributed by atoms with E-state index in [-0.39, 0.29) is 26.1 Å². The van der Waals surface area contributed by atoms with Crippen molar-refractivity contribution in [3.05, 3.63) is 36.5 Å². The van der Waals surface area contributed by atoms with Crippen LogP contribution in [0.3, 0.4) is 0 Å². The molecule has 0 aromatic rings. The molecule has 0 fully saturated rings. The molecule has 328 valence electrons. The van der Waals surface area contributed by atoms with E-state index in [1.54, 1.807) is 0 Å². The van der Waals surface area contributed by atoms with Crippen molar-refractivity contribution in [2.45, 2.75) is 200 Å². The van der Waals surface area contributed by atoms with Gasteiger partial charge >= 0.3 is 11.9 Å². The van der Waals surface area contributed by atoms with Gasteiger partial charge in [0.05, 0.1) is 27.7 Å². The Balaban J connectivity index is 4.34. The van der Waals surface area contributed by atoms with Gasteiger partial charge in [0.25, 0.3) is 7.82 Å². The molecule has 0 aromatic carbocycles. The second-order valence-corrected chi connectivity index (χ2v) is 17.8. The van der Waals surface area contributed by atoms with E-state index in [9.17, 15) is 19.0 Å². The molecule has 0 rings (SSSR count). The molecule has 0 saturated carbocycles. The van der Waals surface area contributed by atoms with Gasteiger partial charge in [-0.15, -0.1) is 0 Å². The minimum atomic E-state index is -4.63. The van der Waals surface area contributed by atoms with E-state index in [0.717, 1.165) is 57.8 Å². The van der Waals surface area contributed by atoms with Crippen molar-refractivity contribution in [3.8, 4) is 0 Å². The number of phosphoric acid groups is 1. The minimum Gasteiger partial charge on any atom is -0.756 e. The summed E-state index contributed by atoms with van der Waals surface area (Å²) in [5.74, 6) is -0.844. The fourth-order valence-electron chi connectivity index (χ4n) is 6.02. The Hall–Kier alpha value is -1.77. The molecule has 56 heavy (non-hydrogen) atoms. The Labute approximate surface area is 344 Å². The van der Waals surface area contributed by atoms with Gasteiger partial charge < -0.3 is 27.9 Å². The van der Waals surface area contributed by atoms with Crippen LogP contribution in [0.25, 0.3) is 0 Å². The maximum Gasteiger partial charge on any atom is 0.306 e. The van der Waals surface area contributed by atoms with Crippen molar-refractivity contribution >= 4 is 19.8 Å². The topological polar surface area (TPSA) is 111 Å². The van der Waals surface area contributed by atoms with Crippen molar-refractivity contribution in [2.24, 2.45) is 0 Å². The molecule has 10 heteroatoms. The number of hydrogen-bond donors (Lipinski definition) is 0. The first-order valence-electron chi connectivity index (χ1n) is 22.7. The first-order valence-corrected chi connectivity index (χ1v) is 24.2. The smallest absolute Gasteiger partial charge is 0.306 e. The number of hydrogen-bond acceptors (Lipinski definition) is 8. The highest BCUT2D eigenvalue weighted by Gasteiger charge is 2.21. The molecule has 0 N–H and O–H groups in total. The van der Waals surface area contributed by atoms with Gasteiger partial charge in [-0.05, 0) is 64.2 Å². The average molecular weight is 812 g/mol. The molecule has 0 bridgehead atoms. The van der Waals surface area contributed by atoms with Crippen molar-refractivity contribution < 1.29 is 42.1 Å². The van der Waals surface area contributed by atoms with Crippen LogP contribution in [0.4, 0.5) is 0 Å². The van der Waals surface area contributed by atoms with E-state index < -0.39 is 32.5 Å². The summed E-state index contributed by atoms with van der Waals surface area (Å²) in [5, 5.41) is 0. The highest BCUT2D eigenvalue weighted by atomic mass is 31.2. The van der Waals surface area contributed by atoms with Gasteiger partial charge in [-0.3, -0.25) is 14.2 Å². The van der Waals surface area contributed by atoms with Crippen molar-refractivity contribution in [3.63, 3.8) is 0 Å². The summed E-state index contributed by atoms with van der Waals surface area (Å²) < 4.78 is 33.9. The van der Waals surface area contributed by atoms with Crippen LogP contribution in [0, 0.1) is 0 Å². The summed E-state index contributed by atoms with van der Waals surface area (Å²) in [6.07, 6.45) is 43.0. The number of ether oxygens (including phenoxy) is 2. The van der Waals surface area contributed by atoms with Gasteiger partial charge in [0, 0.05) is 12.8 Å². The molecule has 0 spiro atoms. The average Bonchev–Trinajstić information content (AvgIpc) is 3.15. The molecule has 0 saturated heterocycles. The Morgan fingerprint density at radius 1 is 0.554 bits per heavy atom. The van der Waals surface area contributed by atoms with Crippen LogP contribution < -0.4 is 4.89 Å². The molecule has 0 aliphatic heterocycles. The predicted octanol–water partition coefficient (Wildman–Crippen LogP) is 12.3. The highest BCUT2D eigenvalue weighted by molar-refractivity contribution is 7.45. The monoisotopic (exact) mass is 812 g/mol. The largest absolute Gasteiger partial charge is 0.756 e. The Morgan fingerprint density at radius 3 is 1.48 bits per heavy atom. The van der Waals surface area contributed by atoms with Gasteiger partial charge in [-0.2, -0.15) is 0 Å². The van der Waals surface area contributed by atoms with Gasteiger partial charge in [0.15, 0.2) is 6.10 Å². The molecule has 0 aliphatic carbocycles. The zero-order valence-electron chi connectivity index (χ0n) is 36.8. The van der Waals surface area contributed by atoms with Crippen molar-refractivity contribution in [1.29, 1.82) is 0 Å². The van der Waals surface area contributed by atoms with Crippen molar-refractivity contribution in [2.75, 3.05) is 47.5 Å². The number of rotatable bonds is 41. The lowest BCUT2D eigenvalue weighted by Crippen LogP contribution is -2.37. The maximum absolute atomic E-state index is 12.7. The van der Waals surface area contributed by atoms with Crippen molar-refractivity contribution in [1.82, 2.24) is 0 Å². The first-order chi connectivity index (χ1) is 27.0. The Bertz CT molecular complexity index is 1050. The lowest BCUT2D eigenvalue weighted by Gasteiger charge is -2.28. The van der Waals surface area contributed by atoms with Crippen LogP contribution in [0.1, 0.15) is 194 Å². The molecule has 2 atom stereocenters. The molecule has 1 unspecified atom stereocenters. The Morgan fingerprint density at radius 2 is 0.982 bits per heavy atom. The predicted molar refractivity (Wildman–Crippen MR) is 231 cm³/mol. The van der Waals surface area contributed by atoms with Crippen LogP contribution in [0.2, 0.25) is 0 Å². The first kappa shape index (κ1) is 54.2. The van der Waals surface area contributed by atoms with Crippen LogP contribution in [-0.2, 0) is 32.7 Å². The summed E-state index contributed by atoms with van der Waals surface area (Å²) in [7, 11) is 1.16. The second kappa shape index (κ2) is 38.7. The second-order valence-electron chi connectivity index (χ2n) is 16.4. The molecule has 0 heterocycles. The van der Waals surface area contributed by atoms with Gasteiger partial charge in [0.1, 0.15) is 19.8 Å². The molecule has 0 aromatic heterocycles. The molecule has 0 radical (unpaired) electrons. The number of likely N-dealkylation sites (N-methyl/N-ethyl adjacent to an activating group) is 1. The third-order valence-corrected chi connectivity index (χ3v) is 10.6. The highest BCUT2D eigenvalue weighted by Crippen LogP contribution is 2.38. The number of nitrogens with zero attached hydrogens (tertiary/aromatic N) is 1. The summed E-state index contributed by atoms with van der Waals surface area (Å²) in [6.45, 7) is 4.17. The molecular formula is C46H86NO8P. The molecule has 0 amide bonds. The van der Waals surface area contributed by atoms with E-state index >= 15 is 0 Å². The van der Waals surface area contributed by atoms with Gasteiger partial charge in [0.2, 0.25) is 0 Å². The number of carbonyl (C=O) groups is 2. The minimum absolute atomic E-state index is 0.0325. The number of unbranched alkanes of at least 4 members (excludes halogenated alkanes) is 21. The fourth-order valence-corrected chi connectivity index (χ4v) is 6.75. The van der Waals surface area contributed by atoms with E-state index in [1.165, 1.54) is 103 Å². The third kappa shape index (κ3) is 41.9. The molecular weight excluding hydrogens is 725 g/mol. The summed E-state index contributed by atoms with van der Waals surface area (Å²) in [4.78, 5) is 37.6. The van der Waals surface area contributed by atoms with E-state index in [1.807, 2.05) is 21.1 Å². The number of phosphoric ester groups is 1. The molecule has 9 nitrogen and oxygen atoms in total. The normalized spacial score (nSPS) is 13.9. The number of carbonyl (C=O) groups excluding carboxylic acids is 2. The third-order valence-electron chi connectivity index (χ3n) is 9.63. The lowest BCUT2D eigenvalue weighted by molar-refractivity contribution is -0.870. The SMILES string of the molecule is CCCC/C=C/CCCCCCCCCCCC(=O)O[C@H](COC(=O)CCCCCCCCC/C=C/C/C=C/CCCCC)COP(=O)([O-])OCC[N+](C)(C)C. The van der Waals surface area contributed by atoms with Crippen LogP contribution in [0.5, 0.6) is 0 Å². The zero-order valence-corrected chi connectivity index (χ0v) is 37.7. The van der Waals surface area contributed by atoms with E-state index in [4.69, 9.17) is 18.5 Å². The summed E-state index contributed by atoms with van der Waals surface area (Å²) in [6, 6.07) is 0. The van der Waals surface area contributed by atoms with E-state index in [2.05, 4.69) is 50.3 Å².